The summed E-state index contributed by atoms with van der Waals surface area (Å²) in [7, 11) is 0. The van der Waals surface area contributed by atoms with E-state index < -0.39 is 0 Å². The highest BCUT2D eigenvalue weighted by molar-refractivity contribution is 5.78. The third kappa shape index (κ3) is 3.91. The molecule has 0 spiro atoms. The lowest BCUT2D eigenvalue weighted by Gasteiger charge is -2.15. The summed E-state index contributed by atoms with van der Waals surface area (Å²) in [5, 5.41) is 11.6. The van der Waals surface area contributed by atoms with Crippen molar-refractivity contribution in [1.29, 1.82) is 0 Å². The summed E-state index contributed by atoms with van der Waals surface area (Å²) in [6, 6.07) is 13.8. The van der Waals surface area contributed by atoms with Crippen LogP contribution in [0.5, 0.6) is 5.75 Å². The molecule has 2 aromatic carbocycles. The zero-order chi connectivity index (χ0) is 17.8. The predicted molar refractivity (Wildman–Crippen MR) is 103 cm³/mol. The molecule has 4 rings (SSSR count). The van der Waals surface area contributed by atoms with Gasteiger partial charge in [0, 0.05) is 12.2 Å². The Morgan fingerprint density at radius 2 is 1.85 bits per heavy atom. The van der Waals surface area contributed by atoms with E-state index >= 15 is 0 Å². The number of nitrogens with zero attached hydrogens (tertiary/aromatic N) is 4. The topological polar surface area (TPSA) is 63.2 Å². The van der Waals surface area contributed by atoms with E-state index in [0.717, 1.165) is 41.2 Å². The van der Waals surface area contributed by atoms with E-state index in [4.69, 9.17) is 4.74 Å². The number of benzene rings is 2. The van der Waals surface area contributed by atoms with Gasteiger partial charge in [-0.05, 0) is 68.8 Å². The molecule has 0 saturated carbocycles. The lowest BCUT2D eigenvalue weighted by atomic mass is 10.2. The van der Waals surface area contributed by atoms with Gasteiger partial charge in [-0.25, -0.2) is 4.98 Å². The number of aromatic nitrogens is 3. The van der Waals surface area contributed by atoms with E-state index in [1.807, 2.05) is 49.4 Å². The van der Waals surface area contributed by atoms with E-state index in [0.29, 0.717) is 5.95 Å². The molecule has 1 saturated heterocycles. The molecular formula is C20H23N5O. The van der Waals surface area contributed by atoms with Crippen molar-refractivity contribution in [2.75, 3.05) is 31.6 Å². The van der Waals surface area contributed by atoms with Crippen LogP contribution in [0.4, 0.5) is 11.6 Å². The third-order valence-corrected chi connectivity index (χ3v) is 4.67. The molecule has 0 aliphatic carbocycles. The van der Waals surface area contributed by atoms with Crippen LogP contribution in [-0.2, 0) is 0 Å². The molecular weight excluding hydrogens is 326 g/mol. The quantitative estimate of drug-likeness (QED) is 0.734. The fraction of sp³-hybridized carbons (Fsp3) is 0.350. The summed E-state index contributed by atoms with van der Waals surface area (Å²) >= 11 is 0. The maximum Gasteiger partial charge on any atom is 0.247 e. The van der Waals surface area contributed by atoms with Gasteiger partial charge in [-0.1, -0.05) is 12.1 Å². The normalized spacial score (nSPS) is 14.7. The van der Waals surface area contributed by atoms with Crippen molar-refractivity contribution in [2.45, 2.75) is 19.8 Å². The Kier molecular flexibility index (Phi) is 4.93. The van der Waals surface area contributed by atoms with Gasteiger partial charge in [0.1, 0.15) is 17.9 Å². The number of ether oxygens (including phenoxy) is 1. The van der Waals surface area contributed by atoms with Crippen molar-refractivity contribution in [3.05, 3.63) is 48.0 Å². The fourth-order valence-electron chi connectivity index (χ4n) is 3.21. The molecule has 1 aliphatic heterocycles. The average molecular weight is 349 g/mol. The lowest BCUT2D eigenvalue weighted by Crippen LogP contribution is -2.25. The van der Waals surface area contributed by atoms with Crippen molar-refractivity contribution >= 4 is 22.7 Å². The largest absolute Gasteiger partial charge is 0.492 e. The van der Waals surface area contributed by atoms with Gasteiger partial charge in [0.25, 0.3) is 0 Å². The first-order valence-electron chi connectivity index (χ1n) is 9.10. The first kappa shape index (κ1) is 16.7. The molecule has 0 bridgehead atoms. The minimum absolute atomic E-state index is 0.495. The minimum atomic E-state index is 0.495. The minimum Gasteiger partial charge on any atom is -0.492 e. The van der Waals surface area contributed by atoms with E-state index in [1.54, 1.807) is 0 Å². The molecule has 1 N–H and O–H groups in total. The van der Waals surface area contributed by atoms with E-state index in [2.05, 4.69) is 25.4 Å². The van der Waals surface area contributed by atoms with Crippen molar-refractivity contribution in [1.82, 2.24) is 20.1 Å². The Morgan fingerprint density at radius 3 is 2.65 bits per heavy atom. The van der Waals surface area contributed by atoms with Crippen molar-refractivity contribution in [3.63, 3.8) is 0 Å². The summed E-state index contributed by atoms with van der Waals surface area (Å²) in [6.45, 7) is 6.14. The van der Waals surface area contributed by atoms with Crippen LogP contribution in [-0.4, -0.2) is 46.3 Å². The maximum atomic E-state index is 5.83. The molecule has 6 nitrogen and oxygen atoms in total. The second-order valence-corrected chi connectivity index (χ2v) is 6.62. The number of para-hydroxylation sites is 1. The Bertz CT molecular complexity index is 875. The number of hydrogen-bond acceptors (Lipinski definition) is 6. The van der Waals surface area contributed by atoms with E-state index in [1.165, 1.54) is 25.9 Å². The van der Waals surface area contributed by atoms with Crippen molar-refractivity contribution < 1.29 is 4.74 Å². The molecule has 1 aliphatic rings. The Hall–Kier alpha value is -2.73. The second-order valence-electron chi connectivity index (χ2n) is 6.62. The monoisotopic (exact) mass is 349 g/mol. The van der Waals surface area contributed by atoms with Gasteiger partial charge in [-0.2, -0.15) is 0 Å². The molecule has 0 atom stereocenters. The zero-order valence-electron chi connectivity index (χ0n) is 15.0. The van der Waals surface area contributed by atoms with Crippen molar-refractivity contribution in [2.24, 2.45) is 0 Å². The lowest BCUT2D eigenvalue weighted by molar-refractivity contribution is 0.238. The van der Waals surface area contributed by atoms with Crippen LogP contribution in [0.25, 0.3) is 11.0 Å². The standard InChI is InChI=1S/C20H23N5O/c1-15-5-4-6-18-19(15)22-20(24-23-18)21-16-7-9-17(10-8-16)26-14-13-25-11-2-3-12-25/h4-10H,2-3,11-14H2,1H3,(H,21,22,24). The molecule has 134 valence electrons. The molecule has 3 aromatic rings. The summed E-state index contributed by atoms with van der Waals surface area (Å²) in [6.07, 6.45) is 2.62. The fourth-order valence-corrected chi connectivity index (χ4v) is 3.21. The van der Waals surface area contributed by atoms with Gasteiger partial charge in [0.05, 0.1) is 5.52 Å². The Labute approximate surface area is 153 Å². The van der Waals surface area contributed by atoms with Gasteiger partial charge in [-0.15, -0.1) is 10.2 Å². The molecule has 0 unspecified atom stereocenters. The Balaban J connectivity index is 1.37. The Morgan fingerprint density at radius 1 is 1.04 bits per heavy atom. The second kappa shape index (κ2) is 7.66. The molecule has 1 fully saturated rings. The number of aryl methyl sites for hydroxylation is 1. The summed E-state index contributed by atoms with van der Waals surface area (Å²) in [5.41, 5.74) is 3.66. The number of likely N-dealkylation sites (tertiary alicyclic amines) is 1. The van der Waals surface area contributed by atoms with Gasteiger partial charge in [0.2, 0.25) is 5.95 Å². The summed E-state index contributed by atoms with van der Waals surface area (Å²) < 4.78 is 5.83. The molecule has 2 heterocycles. The van der Waals surface area contributed by atoms with Gasteiger partial charge in [-0.3, -0.25) is 4.90 Å². The highest BCUT2D eigenvalue weighted by Crippen LogP contribution is 2.20. The van der Waals surface area contributed by atoms with Crippen LogP contribution in [0.2, 0.25) is 0 Å². The number of anilines is 2. The summed E-state index contributed by atoms with van der Waals surface area (Å²) in [4.78, 5) is 7.01. The van der Waals surface area contributed by atoms with Crippen LogP contribution in [0.15, 0.2) is 42.5 Å². The predicted octanol–water partition coefficient (Wildman–Crippen LogP) is 3.55. The third-order valence-electron chi connectivity index (χ3n) is 4.67. The average Bonchev–Trinajstić information content (AvgIpc) is 3.17. The molecule has 0 amide bonds. The first-order valence-corrected chi connectivity index (χ1v) is 9.10. The van der Waals surface area contributed by atoms with E-state index in [9.17, 15) is 0 Å². The molecule has 26 heavy (non-hydrogen) atoms. The number of nitrogens with one attached hydrogen (secondary N) is 1. The highest BCUT2D eigenvalue weighted by Gasteiger charge is 2.10. The van der Waals surface area contributed by atoms with Crippen LogP contribution in [0, 0.1) is 6.92 Å². The number of rotatable bonds is 6. The van der Waals surface area contributed by atoms with Gasteiger partial charge in [0.15, 0.2) is 0 Å². The van der Waals surface area contributed by atoms with Crippen LogP contribution < -0.4 is 10.1 Å². The van der Waals surface area contributed by atoms with Crippen molar-refractivity contribution in [3.8, 4) is 5.75 Å². The molecule has 1 aromatic heterocycles. The van der Waals surface area contributed by atoms with Crippen LogP contribution in [0.3, 0.4) is 0 Å². The maximum absolute atomic E-state index is 5.83. The van der Waals surface area contributed by atoms with Crippen LogP contribution >= 0.6 is 0 Å². The first-order chi connectivity index (χ1) is 12.8. The SMILES string of the molecule is Cc1cccc2nnc(Nc3ccc(OCCN4CCCC4)cc3)nc12. The van der Waals surface area contributed by atoms with Crippen LogP contribution in [0.1, 0.15) is 18.4 Å². The molecule has 6 heteroatoms. The summed E-state index contributed by atoms with van der Waals surface area (Å²) in [5.74, 6) is 1.37. The van der Waals surface area contributed by atoms with Gasteiger partial charge < -0.3 is 10.1 Å². The smallest absolute Gasteiger partial charge is 0.247 e. The highest BCUT2D eigenvalue weighted by atomic mass is 16.5. The number of hydrogen-bond donors (Lipinski definition) is 1. The zero-order valence-corrected chi connectivity index (χ0v) is 15.0. The molecule has 0 radical (unpaired) electrons. The number of fused-ring (bicyclic) bond motifs is 1. The van der Waals surface area contributed by atoms with Gasteiger partial charge >= 0.3 is 0 Å². The van der Waals surface area contributed by atoms with E-state index in [-0.39, 0.29) is 0 Å².